The van der Waals surface area contributed by atoms with E-state index >= 15 is 0 Å². The van der Waals surface area contributed by atoms with Crippen LogP contribution in [0.25, 0.3) is 11.1 Å². The van der Waals surface area contributed by atoms with Crippen LogP contribution in [0, 0.1) is 0 Å². The van der Waals surface area contributed by atoms with E-state index in [0.717, 1.165) is 12.1 Å². The van der Waals surface area contributed by atoms with Gasteiger partial charge in [0, 0.05) is 11.3 Å². The summed E-state index contributed by atoms with van der Waals surface area (Å²) >= 11 is 5.99. The summed E-state index contributed by atoms with van der Waals surface area (Å²) in [5.74, 6) is 0. The molecule has 0 bridgehead atoms. The van der Waals surface area contributed by atoms with Crippen LogP contribution in [0.5, 0.6) is 0 Å². The Morgan fingerprint density at radius 3 is 2.06 bits per heavy atom. The Morgan fingerprint density at radius 2 is 1.56 bits per heavy atom. The first-order chi connectivity index (χ1) is 8.38. The summed E-state index contributed by atoms with van der Waals surface area (Å²) in [6, 6.07) is 9.73. The molecule has 0 heterocycles. The van der Waals surface area contributed by atoms with E-state index in [4.69, 9.17) is 17.3 Å². The fourth-order valence-corrected chi connectivity index (χ4v) is 1.90. The van der Waals surface area contributed by atoms with Crippen molar-refractivity contribution in [2.75, 3.05) is 5.73 Å². The molecule has 2 N–H and O–H groups in total. The highest BCUT2D eigenvalue weighted by Crippen LogP contribution is 2.33. The van der Waals surface area contributed by atoms with Gasteiger partial charge in [-0.2, -0.15) is 13.2 Å². The topological polar surface area (TPSA) is 26.0 Å². The summed E-state index contributed by atoms with van der Waals surface area (Å²) in [6.07, 6.45) is -4.33. The first-order valence-corrected chi connectivity index (χ1v) is 5.48. The average molecular weight is 272 g/mol. The zero-order valence-electron chi connectivity index (χ0n) is 9.13. The fraction of sp³-hybridized carbons (Fsp3) is 0.0769. The third kappa shape index (κ3) is 2.59. The number of nitrogens with two attached hydrogens (primary N) is 1. The minimum absolute atomic E-state index is 0.412. The largest absolute Gasteiger partial charge is 0.416 e. The van der Waals surface area contributed by atoms with Crippen molar-refractivity contribution in [1.29, 1.82) is 0 Å². The van der Waals surface area contributed by atoms with Crippen LogP contribution >= 0.6 is 11.6 Å². The lowest BCUT2D eigenvalue weighted by Gasteiger charge is -2.09. The van der Waals surface area contributed by atoms with Crippen LogP contribution in [-0.4, -0.2) is 0 Å². The zero-order chi connectivity index (χ0) is 13.3. The van der Waals surface area contributed by atoms with Gasteiger partial charge in [0.15, 0.2) is 0 Å². The predicted octanol–water partition coefficient (Wildman–Crippen LogP) is 4.61. The normalized spacial score (nSPS) is 11.6. The number of alkyl halides is 3. The van der Waals surface area contributed by atoms with E-state index in [-0.39, 0.29) is 0 Å². The molecule has 0 aromatic heterocycles. The minimum atomic E-state index is -4.33. The van der Waals surface area contributed by atoms with E-state index in [1.807, 2.05) is 0 Å². The highest BCUT2D eigenvalue weighted by Gasteiger charge is 2.29. The highest BCUT2D eigenvalue weighted by atomic mass is 35.5. The van der Waals surface area contributed by atoms with Gasteiger partial charge in [-0.15, -0.1) is 0 Å². The molecule has 0 aliphatic heterocycles. The summed E-state index contributed by atoms with van der Waals surface area (Å²) in [4.78, 5) is 0. The molecule has 0 spiro atoms. The number of benzene rings is 2. The standard InChI is InChI=1S/C13H9ClF3N/c14-12-7-10(18)5-6-11(12)8-1-3-9(4-2-8)13(15,16)17/h1-7H,18H2. The minimum Gasteiger partial charge on any atom is -0.399 e. The first-order valence-electron chi connectivity index (χ1n) is 5.10. The van der Waals surface area contributed by atoms with Crippen molar-refractivity contribution in [1.82, 2.24) is 0 Å². The molecule has 0 aliphatic rings. The lowest BCUT2D eigenvalue weighted by molar-refractivity contribution is -0.137. The average Bonchev–Trinajstić information content (AvgIpc) is 2.28. The Morgan fingerprint density at radius 1 is 0.944 bits per heavy atom. The molecule has 5 heteroatoms. The van der Waals surface area contributed by atoms with Crippen molar-refractivity contribution >= 4 is 17.3 Å². The van der Waals surface area contributed by atoms with Crippen LogP contribution in [0.15, 0.2) is 42.5 Å². The maximum absolute atomic E-state index is 12.4. The van der Waals surface area contributed by atoms with E-state index < -0.39 is 11.7 Å². The van der Waals surface area contributed by atoms with Crippen molar-refractivity contribution < 1.29 is 13.2 Å². The maximum Gasteiger partial charge on any atom is 0.416 e. The quantitative estimate of drug-likeness (QED) is 0.753. The molecule has 94 valence electrons. The number of hydrogen-bond donors (Lipinski definition) is 1. The van der Waals surface area contributed by atoms with Crippen LogP contribution in [0.1, 0.15) is 5.56 Å². The first kappa shape index (κ1) is 12.8. The van der Waals surface area contributed by atoms with Gasteiger partial charge in [0.25, 0.3) is 0 Å². The molecule has 2 aromatic carbocycles. The van der Waals surface area contributed by atoms with Gasteiger partial charge in [-0.1, -0.05) is 29.8 Å². The van der Waals surface area contributed by atoms with Gasteiger partial charge in [-0.3, -0.25) is 0 Å². The highest BCUT2D eigenvalue weighted by molar-refractivity contribution is 6.33. The molecule has 18 heavy (non-hydrogen) atoms. The van der Waals surface area contributed by atoms with Crippen LogP contribution in [-0.2, 0) is 6.18 Å². The molecule has 0 atom stereocenters. The molecule has 0 amide bonds. The summed E-state index contributed by atoms with van der Waals surface area (Å²) in [5, 5.41) is 0.412. The van der Waals surface area contributed by atoms with E-state index in [2.05, 4.69) is 0 Å². The molecule has 2 rings (SSSR count). The number of anilines is 1. The van der Waals surface area contributed by atoms with Gasteiger partial charge in [0.2, 0.25) is 0 Å². The van der Waals surface area contributed by atoms with Gasteiger partial charge in [0.05, 0.1) is 10.6 Å². The predicted molar refractivity (Wildman–Crippen MR) is 66.3 cm³/mol. The Kier molecular flexibility index (Phi) is 3.22. The van der Waals surface area contributed by atoms with Gasteiger partial charge in [-0.25, -0.2) is 0 Å². The zero-order valence-corrected chi connectivity index (χ0v) is 9.89. The van der Waals surface area contributed by atoms with Gasteiger partial charge in [-0.05, 0) is 29.8 Å². The lowest BCUT2D eigenvalue weighted by atomic mass is 10.0. The Hall–Kier alpha value is -1.68. The monoisotopic (exact) mass is 271 g/mol. The molecule has 0 fully saturated rings. The maximum atomic E-state index is 12.4. The van der Waals surface area contributed by atoms with E-state index in [1.54, 1.807) is 18.2 Å². The molecule has 0 unspecified atom stereocenters. The van der Waals surface area contributed by atoms with Crippen LogP contribution < -0.4 is 5.73 Å². The van der Waals surface area contributed by atoms with Crippen LogP contribution in [0.2, 0.25) is 5.02 Å². The molecule has 0 saturated carbocycles. The number of nitrogen functional groups attached to an aromatic ring is 1. The van der Waals surface area contributed by atoms with Gasteiger partial charge >= 0.3 is 6.18 Å². The molecular weight excluding hydrogens is 263 g/mol. The lowest BCUT2D eigenvalue weighted by Crippen LogP contribution is -2.04. The summed E-state index contributed by atoms with van der Waals surface area (Å²) in [5.41, 5.74) is 6.65. The Bertz CT molecular complexity index is 561. The molecule has 2 aromatic rings. The van der Waals surface area contributed by atoms with Crippen LogP contribution in [0.4, 0.5) is 18.9 Å². The molecular formula is C13H9ClF3N. The van der Waals surface area contributed by atoms with Crippen LogP contribution in [0.3, 0.4) is 0 Å². The van der Waals surface area contributed by atoms with E-state index in [1.165, 1.54) is 12.1 Å². The van der Waals surface area contributed by atoms with Gasteiger partial charge in [0.1, 0.15) is 0 Å². The fourth-order valence-electron chi connectivity index (χ4n) is 1.60. The summed E-state index contributed by atoms with van der Waals surface area (Å²) in [7, 11) is 0. The molecule has 0 radical (unpaired) electrons. The Labute approximate surface area is 107 Å². The second-order valence-electron chi connectivity index (χ2n) is 3.81. The smallest absolute Gasteiger partial charge is 0.399 e. The third-order valence-electron chi connectivity index (χ3n) is 2.52. The Balaban J connectivity index is 2.41. The number of rotatable bonds is 1. The van der Waals surface area contributed by atoms with Crippen molar-refractivity contribution in [3.8, 4) is 11.1 Å². The van der Waals surface area contributed by atoms with Gasteiger partial charge < -0.3 is 5.73 Å². The van der Waals surface area contributed by atoms with Crippen molar-refractivity contribution in [3.05, 3.63) is 53.1 Å². The number of halogens is 4. The van der Waals surface area contributed by atoms with E-state index in [0.29, 0.717) is 21.8 Å². The second-order valence-corrected chi connectivity index (χ2v) is 4.22. The van der Waals surface area contributed by atoms with Crippen molar-refractivity contribution in [2.45, 2.75) is 6.18 Å². The molecule has 0 aliphatic carbocycles. The third-order valence-corrected chi connectivity index (χ3v) is 2.83. The second kappa shape index (κ2) is 4.53. The number of hydrogen-bond acceptors (Lipinski definition) is 1. The van der Waals surface area contributed by atoms with E-state index in [9.17, 15) is 13.2 Å². The summed E-state index contributed by atoms with van der Waals surface area (Å²) < 4.78 is 37.2. The van der Waals surface area contributed by atoms with Crippen molar-refractivity contribution in [2.24, 2.45) is 0 Å². The SMILES string of the molecule is Nc1ccc(-c2ccc(C(F)(F)F)cc2)c(Cl)c1. The summed E-state index contributed by atoms with van der Waals surface area (Å²) in [6.45, 7) is 0. The molecule has 0 saturated heterocycles. The molecule has 1 nitrogen and oxygen atoms in total. The van der Waals surface area contributed by atoms with Crippen molar-refractivity contribution in [3.63, 3.8) is 0 Å².